The van der Waals surface area contributed by atoms with Crippen molar-refractivity contribution in [2.24, 2.45) is 11.8 Å². The lowest BCUT2D eigenvalue weighted by Gasteiger charge is -2.34. The van der Waals surface area contributed by atoms with Crippen molar-refractivity contribution >= 4 is 11.6 Å². The summed E-state index contributed by atoms with van der Waals surface area (Å²) in [4.78, 5) is 2.51. The van der Waals surface area contributed by atoms with E-state index in [1.165, 1.54) is 19.5 Å². The molecule has 1 saturated heterocycles. The van der Waals surface area contributed by atoms with E-state index < -0.39 is 0 Å². The lowest BCUT2D eigenvalue weighted by molar-refractivity contribution is 0.120. The van der Waals surface area contributed by atoms with Gasteiger partial charge in [0.2, 0.25) is 0 Å². The van der Waals surface area contributed by atoms with E-state index >= 15 is 0 Å². The minimum atomic E-state index is 0.751. The second-order valence-electron chi connectivity index (χ2n) is 5.51. The van der Waals surface area contributed by atoms with Crippen LogP contribution in [0.3, 0.4) is 0 Å². The van der Waals surface area contributed by atoms with Crippen molar-refractivity contribution in [3.63, 3.8) is 0 Å². The molecule has 2 rings (SSSR count). The summed E-state index contributed by atoms with van der Waals surface area (Å²) in [5.74, 6) is 2.52. The highest BCUT2D eigenvalue weighted by molar-refractivity contribution is 6.30. The van der Waals surface area contributed by atoms with Gasteiger partial charge in [-0.25, -0.2) is 0 Å². The van der Waals surface area contributed by atoms with E-state index in [0.29, 0.717) is 0 Å². The van der Waals surface area contributed by atoms with Gasteiger partial charge in [0.25, 0.3) is 0 Å². The Labute approximate surface area is 115 Å². The maximum absolute atomic E-state index is 5.84. The average Bonchev–Trinajstić information content (AvgIpc) is 2.30. The van der Waals surface area contributed by atoms with Crippen LogP contribution in [0.5, 0.6) is 5.75 Å². The van der Waals surface area contributed by atoms with E-state index in [0.717, 1.165) is 35.8 Å². The van der Waals surface area contributed by atoms with Crippen LogP contribution in [0.4, 0.5) is 0 Å². The molecule has 3 heteroatoms. The van der Waals surface area contributed by atoms with Gasteiger partial charge in [0, 0.05) is 24.7 Å². The van der Waals surface area contributed by atoms with Crippen molar-refractivity contribution in [1.82, 2.24) is 4.90 Å². The van der Waals surface area contributed by atoms with Gasteiger partial charge in [0.15, 0.2) is 0 Å². The summed E-state index contributed by atoms with van der Waals surface area (Å²) in [6, 6.07) is 7.57. The molecule has 1 aliphatic rings. The highest BCUT2D eigenvalue weighted by Gasteiger charge is 2.21. The van der Waals surface area contributed by atoms with E-state index in [1.54, 1.807) is 0 Å². The van der Waals surface area contributed by atoms with Gasteiger partial charge in [-0.3, -0.25) is 4.90 Å². The van der Waals surface area contributed by atoms with Crippen LogP contribution < -0.4 is 4.74 Å². The summed E-state index contributed by atoms with van der Waals surface area (Å²) >= 11 is 5.84. The summed E-state index contributed by atoms with van der Waals surface area (Å²) in [7, 11) is 0. The molecule has 0 spiro atoms. The van der Waals surface area contributed by atoms with Gasteiger partial charge in [0.1, 0.15) is 12.4 Å². The van der Waals surface area contributed by atoms with E-state index in [-0.39, 0.29) is 0 Å². The second-order valence-corrected chi connectivity index (χ2v) is 5.94. The van der Waals surface area contributed by atoms with Gasteiger partial charge in [-0.1, -0.05) is 25.4 Å². The topological polar surface area (TPSA) is 12.5 Å². The van der Waals surface area contributed by atoms with Crippen LogP contribution in [0, 0.1) is 11.8 Å². The molecule has 0 aromatic heterocycles. The number of likely N-dealkylation sites (tertiary alicyclic amines) is 1. The Morgan fingerprint density at radius 2 is 1.78 bits per heavy atom. The lowest BCUT2D eigenvalue weighted by Crippen LogP contribution is -2.40. The quantitative estimate of drug-likeness (QED) is 0.825. The molecule has 2 nitrogen and oxygen atoms in total. The normalized spacial score (nSPS) is 25.1. The summed E-state index contributed by atoms with van der Waals surface area (Å²) < 4.78 is 5.73. The van der Waals surface area contributed by atoms with E-state index in [2.05, 4.69) is 18.7 Å². The number of benzene rings is 1. The summed E-state index contributed by atoms with van der Waals surface area (Å²) in [6.45, 7) is 8.84. The van der Waals surface area contributed by atoms with Crippen LogP contribution in [0.1, 0.15) is 20.3 Å². The summed E-state index contributed by atoms with van der Waals surface area (Å²) in [5.41, 5.74) is 0. The average molecular weight is 268 g/mol. The zero-order valence-corrected chi connectivity index (χ0v) is 12.0. The van der Waals surface area contributed by atoms with Crippen molar-refractivity contribution in [2.45, 2.75) is 20.3 Å². The van der Waals surface area contributed by atoms with Crippen LogP contribution in [0.25, 0.3) is 0 Å². The maximum Gasteiger partial charge on any atom is 0.119 e. The third-order valence-electron chi connectivity index (χ3n) is 3.43. The van der Waals surface area contributed by atoms with Gasteiger partial charge < -0.3 is 4.74 Å². The van der Waals surface area contributed by atoms with Gasteiger partial charge in [-0.05, 0) is 42.5 Å². The fourth-order valence-corrected chi connectivity index (χ4v) is 2.92. The number of hydrogen-bond donors (Lipinski definition) is 0. The highest BCUT2D eigenvalue weighted by atomic mass is 35.5. The third-order valence-corrected chi connectivity index (χ3v) is 3.69. The zero-order chi connectivity index (χ0) is 13.0. The number of piperidine rings is 1. The van der Waals surface area contributed by atoms with Crippen molar-refractivity contribution < 1.29 is 4.74 Å². The van der Waals surface area contributed by atoms with Crippen LogP contribution in [-0.4, -0.2) is 31.1 Å². The fourth-order valence-electron chi connectivity index (χ4n) is 2.80. The molecule has 0 saturated carbocycles. The molecule has 100 valence electrons. The van der Waals surface area contributed by atoms with Gasteiger partial charge in [0.05, 0.1) is 0 Å². The molecule has 1 aliphatic heterocycles. The molecule has 1 aromatic rings. The number of nitrogens with zero attached hydrogens (tertiary/aromatic N) is 1. The van der Waals surface area contributed by atoms with E-state index in [9.17, 15) is 0 Å². The zero-order valence-electron chi connectivity index (χ0n) is 11.2. The third kappa shape index (κ3) is 4.18. The molecule has 0 N–H and O–H groups in total. The van der Waals surface area contributed by atoms with Crippen molar-refractivity contribution in [3.05, 3.63) is 29.3 Å². The predicted molar refractivity (Wildman–Crippen MR) is 76.3 cm³/mol. The first-order chi connectivity index (χ1) is 8.63. The van der Waals surface area contributed by atoms with E-state index in [1.807, 2.05) is 24.3 Å². The highest BCUT2D eigenvalue weighted by Crippen LogP contribution is 2.21. The molecule has 0 bridgehead atoms. The number of rotatable bonds is 4. The van der Waals surface area contributed by atoms with Gasteiger partial charge >= 0.3 is 0 Å². The largest absolute Gasteiger partial charge is 0.492 e. The van der Waals surface area contributed by atoms with Gasteiger partial charge in [-0.2, -0.15) is 0 Å². The minimum absolute atomic E-state index is 0.751. The Hall–Kier alpha value is -0.730. The van der Waals surface area contributed by atoms with Crippen molar-refractivity contribution in [3.8, 4) is 5.75 Å². The molecule has 0 radical (unpaired) electrons. The molecule has 2 atom stereocenters. The molecule has 1 fully saturated rings. The predicted octanol–water partition coefficient (Wildman–Crippen LogP) is 3.70. The molecule has 1 heterocycles. The van der Waals surface area contributed by atoms with Crippen LogP contribution >= 0.6 is 11.6 Å². The molecular formula is C15H22ClNO. The fraction of sp³-hybridized carbons (Fsp3) is 0.600. The van der Waals surface area contributed by atoms with Crippen LogP contribution in [0.2, 0.25) is 5.02 Å². The number of ether oxygens (including phenoxy) is 1. The lowest BCUT2D eigenvalue weighted by atomic mass is 9.92. The Morgan fingerprint density at radius 3 is 2.39 bits per heavy atom. The Bertz CT molecular complexity index is 355. The summed E-state index contributed by atoms with van der Waals surface area (Å²) in [6.07, 6.45) is 1.36. The Balaban J connectivity index is 1.73. The van der Waals surface area contributed by atoms with Crippen LogP contribution in [-0.2, 0) is 0 Å². The van der Waals surface area contributed by atoms with E-state index in [4.69, 9.17) is 16.3 Å². The second kappa shape index (κ2) is 6.44. The Kier molecular flexibility index (Phi) is 4.90. The number of halogens is 1. The SMILES string of the molecule is C[C@H]1C[C@H](C)CN(CCOc2ccc(Cl)cc2)C1. The Morgan fingerprint density at radius 1 is 1.17 bits per heavy atom. The first-order valence-corrected chi connectivity index (χ1v) is 7.12. The molecule has 0 unspecified atom stereocenters. The van der Waals surface area contributed by atoms with Crippen molar-refractivity contribution in [1.29, 1.82) is 0 Å². The maximum atomic E-state index is 5.84. The van der Waals surface area contributed by atoms with Crippen molar-refractivity contribution in [2.75, 3.05) is 26.2 Å². The first-order valence-electron chi connectivity index (χ1n) is 6.74. The minimum Gasteiger partial charge on any atom is -0.492 e. The standard InChI is InChI=1S/C15H22ClNO/c1-12-9-13(2)11-17(10-12)7-8-18-15-5-3-14(16)4-6-15/h3-6,12-13H,7-11H2,1-2H3/t12-,13-/m0/s1. The monoisotopic (exact) mass is 267 g/mol. The molecule has 0 amide bonds. The molecule has 0 aliphatic carbocycles. The molecule has 1 aromatic carbocycles. The van der Waals surface area contributed by atoms with Gasteiger partial charge in [-0.15, -0.1) is 0 Å². The first kappa shape index (κ1) is 13.7. The smallest absolute Gasteiger partial charge is 0.119 e. The summed E-state index contributed by atoms with van der Waals surface area (Å²) in [5, 5.41) is 0.751. The van der Waals surface area contributed by atoms with Crippen LogP contribution in [0.15, 0.2) is 24.3 Å². The molecule has 18 heavy (non-hydrogen) atoms. The molecular weight excluding hydrogens is 246 g/mol. The number of hydrogen-bond acceptors (Lipinski definition) is 2.